The van der Waals surface area contributed by atoms with Gasteiger partial charge < -0.3 is 91.0 Å². The van der Waals surface area contributed by atoms with Gasteiger partial charge in [0.1, 0.15) is 19.8 Å². The van der Waals surface area contributed by atoms with Crippen molar-refractivity contribution >= 4 is 59.6 Å². The van der Waals surface area contributed by atoms with Crippen molar-refractivity contribution in [2.45, 2.75) is 63.8 Å². The second kappa shape index (κ2) is 43.5. The molecule has 0 aromatic heterocycles. The van der Waals surface area contributed by atoms with E-state index in [-0.39, 0.29) is 68.0 Å². The molecule has 2 atom stereocenters. The Hall–Kier alpha value is -8.00. The molecule has 28 nitrogen and oxygen atoms in total. The highest BCUT2D eigenvalue weighted by molar-refractivity contribution is 6.13. The summed E-state index contributed by atoms with van der Waals surface area (Å²) >= 11 is 0. The number of methoxy groups -OCH3 is 2. The number of rotatable bonds is 52. The fraction of sp³-hybridized carbons (Fsp3) is 0.549. The molecule has 3 aromatic carbocycles. The van der Waals surface area contributed by atoms with Crippen LogP contribution in [0.4, 0.5) is 11.4 Å². The molecule has 0 radical (unpaired) electrons. The first-order chi connectivity index (χ1) is 48.5. The van der Waals surface area contributed by atoms with E-state index in [1.54, 1.807) is 52.7 Å². The Bertz CT molecular complexity index is 3080. The molecule has 0 aliphatic carbocycles. The quantitative estimate of drug-likeness (QED) is 0.0224. The zero-order valence-electron chi connectivity index (χ0n) is 57.0. The first-order valence-corrected chi connectivity index (χ1v) is 33.6. The molecule has 5 aliphatic heterocycles. The fourth-order valence-corrected chi connectivity index (χ4v) is 10.8. The number of nitrogens with zero attached hydrogens (tertiary/aromatic N) is 6. The number of oxime groups is 1. The number of benzene rings is 3. The normalized spacial score (nSPS) is 16.2. The number of hydrogen-bond acceptors (Lipinski definition) is 24. The van der Waals surface area contributed by atoms with Crippen LogP contribution in [0.5, 0.6) is 23.0 Å². The summed E-state index contributed by atoms with van der Waals surface area (Å²) in [7, 11) is 3.05. The van der Waals surface area contributed by atoms with Crippen LogP contribution in [0.15, 0.2) is 94.1 Å². The van der Waals surface area contributed by atoms with E-state index in [9.17, 15) is 24.0 Å². The maximum Gasteiger partial charge on any atom is 0.257 e. The Morgan fingerprint density at radius 2 is 0.899 bits per heavy atom. The molecular weight excluding hydrogens is 1290 g/mol. The number of nitrogens with one attached hydrogen (secondary N) is 1. The summed E-state index contributed by atoms with van der Waals surface area (Å²) in [5, 5.41) is 7.04. The molecule has 3 aromatic rings. The molecule has 540 valence electrons. The molecule has 28 heteroatoms. The Kier molecular flexibility index (Phi) is 33.7. The number of unbranched alkanes of at least 4 members (excludes halogenated alkanes) is 2. The lowest BCUT2D eigenvalue weighted by atomic mass is 10.1. The summed E-state index contributed by atoms with van der Waals surface area (Å²) in [6.07, 6.45) is 11.5. The molecule has 5 aliphatic rings. The number of hydrogen-bond donors (Lipinski definition) is 1. The van der Waals surface area contributed by atoms with Gasteiger partial charge in [-0.05, 0) is 72.7 Å². The third kappa shape index (κ3) is 26.2. The van der Waals surface area contributed by atoms with Gasteiger partial charge in [-0.15, -0.1) is 0 Å². The van der Waals surface area contributed by atoms with Crippen molar-refractivity contribution in [1.29, 1.82) is 0 Å². The standard InChI is InChI=1S/C71H95N7O21/c1-52-36-57-46-73-61-43-65(63(84-3)41-59(61)70(82)77(57)48-52)97-50-55-38-54(39-56(40-55)51-98-66-44-62-60(42-64(66)85-4)71(83)78-49-53(2)37-58(78)47-74-62)45-75-99-35-34-96-33-32-95-31-30-94-29-28-93-27-26-92-25-24-91-23-22-90-21-20-89-19-18-88-17-16-87-15-14-86-13-11-72-67(79)8-6-5-7-12-76-68(80)9-10-69(76)81/h9-10,38-47,57-58H,1-2,5-8,11-37,48-51H2,3-4H3,(H,72,79). The van der Waals surface area contributed by atoms with Crippen molar-refractivity contribution < 1.29 is 99.9 Å². The molecule has 8 rings (SSSR count). The minimum Gasteiger partial charge on any atom is -0.493 e. The number of carbonyl (C=O) groups excluding carboxylic acids is 5. The molecule has 1 N–H and O–H groups in total. The van der Waals surface area contributed by atoms with Crippen LogP contribution in [0, 0.1) is 0 Å². The van der Waals surface area contributed by atoms with E-state index in [2.05, 4.69) is 33.6 Å². The third-order valence-electron chi connectivity index (χ3n) is 15.8. The van der Waals surface area contributed by atoms with Gasteiger partial charge in [0, 0.05) is 69.3 Å². The maximum absolute atomic E-state index is 13.6. The average Bonchev–Trinajstić information content (AvgIpc) is 1.31. The second-order valence-corrected chi connectivity index (χ2v) is 23.3. The zero-order chi connectivity index (χ0) is 69.7. The summed E-state index contributed by atoms with van der Waals surface area (Å²) < 4.78 is 85.4. The molecule has 2 fully saturated rings. The van der Waals surface area contributed by atoms with E-state index < -0.39 is 0 Å². The second-order valence-electron chi connectivity index (χ2n) is 23.3. The van der Waals surface area contributed by atoms with Gasteiger partial charge in [0.25, 0.3) is 23.6 Å². The minimum atomic E-state index is -0.280. The molecule has 0 saturated carbocycles. The van der Waals surface area contributed by atoms with Gasteiger partial charge in [0.05, 0.1) is 200 Å². The van der Waals surface area contributed by atoms with E-state index in [4.69, 9.17) is 75.9 Å². The van der Waals surface area contributed by atoms with Crippen LogP contribution in [0.3, 0.4) is 0 Å². The van der Waals surface area contributed by atoms with Gasteiger partial charge >= 0.3 is 0 Å². The number of ether oxygens (including phenoxy) is 15. The highest BCUT2D eigenvalue weighted by Crippen LogP contribution is 2.41. The first kappa shape index (κ1) is 76.7. The van der Waals surface area contributed by atoms with E-state index >= 15 is 0 Å². The predicted molar refractivity (Wildman–Crippen MR) is 364 cm³/mol. The largest absolute Gasteiger partial charge is 0.493 e. The zero-order valence-corrected chi connectivity index (χ0v) is 57.0. The van der Waals surface area contributed by atoms with E-state index in [0.29, 0.717) is 248 Å². The van der Waals surface area contributed by atoms with Crippen LogP contribution in [-0.2, 0) is 84.5 Å². The SMILES string of the molecule is C=C1CC2C=Nc3cc(OCc4cc(C=NOCCOCCOCCOCCOCCOCCOCCOCCOCCOCCOCCOCCNC(=O)CCCCCN5C(=O)C=CC5=O)cc(COc5cc6c(cc5OC)C(=O)N5CC(=C)CC5C=N6)c4)c(OC)cc3C(=O)N2C1. The summed E-state index contributed by atoms with van der Waals surface area (Å²) in [5.41, 5.74) is 6.04. The highest BCUT2D eigenvalue weighted by atomic mass is 16.6. The topological polar surface area (TPSA) is 292 Å². The monoisotopic (exact) mass is 1380 g/mol. The van der Waals surface area contributed by atoms with Gasteiger partial charge in [0.2, 0.25) is 5.91 Å². The van der Waals surface area contributed by atoms with Crippen molar-refractivity contribution in [3.05, 3.63) is 107 Å². The maximum atomic E-state index is 13.6. The lowest BCUT2D eigenvalue weighted by Gasteiger charge is -2.20. The minimum absolute atomic E-state index is 0.0542. The smallest absolute Gasteiger partial charge is 0.257 e. The number of fused-ring (bicyclic) bond motifs is 4. The van der Waals surface area contributed by atoms with Crippen LogP contribution < -0.4 is 24.3 Å². The van der Waals surface area contributed by atoms with Crippen LogP contribution >= 0.6 is 0 Å². The molecule has 2 unspecified atom stereocenters. The van der Waals surface area contributed by atoms with E-state index in [1.165, 1.54) is 31.3 Å². The van der Waals surface area contributed by atoms with Crippen LogP contribution in [0.1, 0.15) is 75.9 Å². The lowest BCUT2D eigenvalue weighted by molar-refractivity contribution is -0.137. The van der Waals surface area contributed by atoms with Crippen LogP contribution in [0.2, 0.25) is 0 Å². The number of imide groups is 1. The Morgan fingerprint density at radius 3 is 1.30 bits per heavy atom. The van der Waals surface area contributed by atoms with Crippen molar-refractivity contribution in [2.24, 2.45) is 15.1 Å². The lowest BCUT2D eigenvalue weighted by Crippen LogP contribution is -2.35. The molecule has 0 spiro atoms. The summed E-state index contributed by atoms with van der Waals surface area (Å²) in [5.74, 6) is 0.707. The van der Waals surface area contributed by atoms with E-state index in [0.717, 1.165) is 28.7 Å². The van der Waals surface area contributed by atoms with Gasteiger partial charge in [-0.25, -0.2) is 0 Å². The van der Waals surface area contributed by atoms with Gasteiger partial charge in [-0.1, -0.05) is 35.9 Å². The predicted octanol–water partition coefficient (Wildman–Crippen LogP) is 5.97. The molecule has 99 heavy (non-hydrogen) atoms. The van der Waals surface area contributed by atoms with Crippen molar-refractivity contribution in [2.75, 3.05) is 192 Å². The molecule has 5 amide bonds. The number of carbonyl (C=O) groups is 5. The molecule has 5 heterocycles. The van der Waals surface area contributed by atoms with Crippen molar-refractivity contribution in [3.63, 3.8) is 0 Å². The van der Waals surface area contributed by atoms with Gasteiger partial charge in [-0.2, -0.15) is 0 Å². The highest BCUT2D eigenvalue weighted by Gasteiger charge is 2.36. The number of aliphatic imine (C=N–C) groups is 2. The van der Waals surface area contributed by atoms with Crippen LogP contribution in [-0.4, -0.2) is 267 Å². The molecule has 0 bridgehead atoms. The average molecular weight is 1380 g/mol. The number of amides is 5. The van der Waals surface area contributed by atoms with Crippen molar-refractivity contribution in [1.82, 2.24) is 20.0 Å². The summed E-state index contributed by atoms with van der Waals surface area (Å²) in [4.78, 5) is 82.0. The summed E-state index contributed by atoms with van der Waals surface area (Å²) in [6, 6.07) is 12.3. The third-order valence-corrected chi connectivity index (χ3v) is 15.8. The van der Waals surface area contributed by atoms with Crippen LogP contribution in [0.25, 0.3) is 0 Å². The Labute approximate surface area is 578 Å². The Balaban J connectivity index is 0.595. The molecule has 2 saturated heterocycles. The molecular formula is C71H95N7O21. The fourth-order valence-electron chi connectivity index (χ4n) is 10.8. The van der Waals surface area contributed by atoms with Crippen molar-refractivity contribution in [3.8, 4) is 23.0 Å². The first-order valence-electron chi connectivity index (χ1n) is 33.6. The van der Waals surface area contributed by atoms with E-state index in [1.807, 2.05) is 18.2 Å². The Morgan fingerprint density at radius 1 is 0.505 bits per heavy atom. The van der Waals surface area contributed by atoms with Gasteiger partial charge in [-0.3, -0.25) is 38.9 Å². The summed E-state index contributed by atoms with van der Waals surface area (Å²) in [6.45, 7) is 19.6. The van der Waals surface area contributed by atoms with Gasteiger partial charge in [0.15, 0.2) is 23.0 Å².